The minimum absolute atomic E-state index is 0.00241. The van der Waals surface area contributed by atoms with Gasteiger partial charge in [0.2, 0.25) is 5.88 Å². The van der Waals surface area contributed by atoms with Crippen molar-refractivity contribution in [3.05, 3.63) is 48.8 Å². The lowest BCUT2D eigenvalue weighted by Gasteiger charge is -2.14. The van der Waals surface area contributed by atoms with Crippen LogP contribution in [0.15, 0.2) is 48.8 Å². The molecule has 3 rings (SSSR count). The zero-order chi connectivity index (χ0) is 15.5. The minimum Gasteiger partial charge on any atom is -0.473 e. The highest BCUT2D eigenvalue weighted by Crippen LogP contribution is 2.31. The molecular weight excluding hydrogens is 276 g/mol. The van der Waals surface area contributed by atoms with E-state index in [0.29, 0.717) is 17.4 Å². The Bertz CT molecular complexity index is 796. The normalized spacial score (nSPS) is 10.9. The van der Waals surface area contributed by atoms with Gasteiger partial charge in [0.1, 0.15) is 12.0 Å². The predicted molar refractivity (Wildman–Crippen MR) is 89.4 cm³/mol. The molecular formula is C17H18N4O. The van der Waals surface area contributed by atoms with Crippen LogP contribution < -0.4 is 15.8 Å². The highest BCUT2D eigenvalue weighted by atomic mass is 16.5. The monoisotopic (exact) mass is 294 g/mol. The van der Waals surface area contributed by atoms with E-state index in [9.17, 15) is 0 Å². The Morgan fingerprint density at radius 2 is 1.82 bits per heavy atom. The fourth-order valence-corrected chi connectivity index (χ4v) is 2.26. The third-order valence-electron chi connectivity index (χ3n) is 3.24. The van der Waals surface area contributed by atoms with Gasteiger partial charge in [0, 0.05) is 11.1 Å². The molecule has 0 fully saturated rings. The van der Waals surface area contributed by atoms with Gasteiger partial charge in [-0.3, -0.25) is 0 Å². The topological polar surface area (TPSA) is 73.1 Å². The molecule has 3 N–H and O–H groups in total. The lowest BCUT2D eigenvalue weighted by molar-refractivity contribution is 0.234. The summed E-state index contributed by atoms with van der Waals surface area (Å²) in [5, 5.41) is 5.53. The molecule has 112 valence electrons. The molecule has 1 heterocycles. The first-order valence-corrected chi connectivity index (χ1v) is 7.17. The van der Waals surface area contributed by atoms with Crippen molar-refractivity contribution in [3.8, 4) is 5.88 Å². The lowest BCUT2D eigenvalue weighted by atomic mass is 10.1. The zero-order valence-electron chi connectivity index (χ0n) is 12.6. The van der Waals surface area contributed by atoms with Crippen LogP contribution in [0.3, 0.4) is 0 Å². The second-order valence-electron chi connectivity index (χ2n) is 5.26. The molecule has 22 heavy (non-hydrogen) atoms. The van der Waals surface area contributed by atoms with Crippen molar-refractivity contribution in [2.45, 2.75) is 20.0 Å². The van der Waals surface area contributed by atoms with E-state index in [-0.39, 0.29) is 6.10 Å². The average Bonchev–Trinajstić information content (AvgIpc) is 2.51. The van der Waals surface area contributed by atoms with Gasteiger partial charge in [0.25, 0.3) is 0 Å². The second-order valence-corrected chi connectivity index (χ2v) is 5.26. The van der Waals surface area contributed by atoms with Crippen molar-refractivity contribution in [2.75, 3.05) is 11.1 Å². The minimum atomic E-state index is 0.00241. The van der Waals surface area contributed by atoms with Crippen LogP contribution in [0, 0.1) is 0 Å². The number of aromatic nitrogens is 2. The van der Waals surface area contributed by atoms with Crippen LogP contribution in [0.2, 0.25) is 0 Å². The van der Waals surface area contributed by atoms with Crippen molar-refractivity contribution in [3.63, 3.8) is 0 Å². The molecule has 5 heteroatoms. The number of nitrogens with zero attached hydrogens (tertiary/aromatic N) is 2. The third kappa shape index (κ3) is 2.79. The molecule has 0 bridgehead atoms. The molecule has 3 aromatic rings. The van der Waals surface area contributed by atoms with Crippen molar-refractivity contribution >= 4 is 28.0 Å². The molecule has 0 amide bonds. The van der Waals surface area contributed by atoms with Gasteiger partial charge >= 0.3 is 0 Å². The molecule has 0 aliphatic rings. The van der Waals surface area contributed by atoms with Crippen molar-refractivity contribution in [1.82, 2.24) is 9.97 Å². The van der Waals surface area contributed by atoms with Gasteiger partial charge in [-0.15, -0.1) is 0 Å². The van der Waals surface area contributed by atoms with Crippen LogP contribution in [0.5, 0.6) is 5.88 Å². The SMILES string of the molecule is CC(C)Oc1ncnc(Nc2cccc3ccccc23)c1N. The van der Waals surface area contributed by atoms with Gasteiger partial charge in [-0.05, 0) is 25.3 Å². The Labute approximate surface area is 129 Å². The van der Waals surface area contributed by atoms with Crippen LogP contribution >= 0.6 is 0 Å². The Morgan fingerprint density at radius 3 is 2.64 bits per heavy atom. The van der Waals surface area contributed by atoms with Crippen molar-refractivity contribution < 1.29 is 4.74 Å². The second kappa shape index (κ2) is 5.89. The largest absolute Gasteiger partial charge is 0.473 e. The molecule has 1 aromatic heterocycles. The summed E-state index contributed by atoms with van der Waals surface area (Å²) in [6, 6.07) is 14.2. The van der Waals surface area contributed by atoms with Gasteiger partial charge in [-0.1, -0.05) is 36.4 Å². The fraction of sp³-hybridized carbons (Fsp3) is 0.176. The standard InChI is InChI=1S/C17H18N4O/c1-11(2)22-17-15(18)16(19-10-20-17)21-14-9-5-7-12-6-3-4-8-13(12)14/h3-11H,18H2,1-2H3,(H,19,20,21). The maximum absolute atomic E-state index is 6.11. The molecule has 0 saturated carbocycles. The van der Waals surface area contributed by atoms with Gasteiger partial charge in [-0.25, -0.2) is 4.98 Å². The van der Waals surface area contributed by atoms with Crippen LogP contribution in [0.4, 0.5) is 17.2 Å². The average molecular weight is 294 g/mol. The number of nitrogens with two attached hydrogens (primary N) is 1. The number of rotatable bonds is 4. The first-order valence-electron chi connectivity index (χ1n) is 7.17. The Balaban J connectivity index is 1.99. The molecule has 0 unspecified atom stereocenters. The number of nitrogen functional groups attached to an aromatic ring is 1. The van der Waals surface area contributed by atoms with Crippen LogP contribution in [-0.2, 0) is 0 Å². The summed E-state index contributed by atoms with van der Waals surface area (Å²) in [6.07, 6.45) is 1.45. The van der Waals surface area contributed by atoms with Gasteiger partial charge in [-0.2, -0.15) is 4.98 Å². The van der Waals surface area contributed by atoms with E-state index >= 15 is 0 Å². The molecule has 5 nitrogen and oxygen atoms in total. The highest BCUT2D eigenvalue weighted by Gasteiger charge is 2.11. The van der Waals surface area contributed by atoms with Crippen LogP contribution in [0.1, 0.15) is 13.8 Å². The predicted octanol–water partition coefficient (Wildman–Crippen LogP) is 3.74. The van der Waals surface area contributed by atoms with Crippen LogP contribution in [-0.4, -0.2) is 16.1 Å². The summed E-state index contributed by atoms with van der Waals surface area (Å²) >= 11 is 0. The van der Waals surface area contributed by atoms with E-state index in [0.717, 1.165) is 16.5 Å². The molecule has 2 aromatic carbocycles. The summed E-state index contributed by atoms with van der Waals surface area (Å²) in [5.74, 6) is 0.940. The van der Waals surface area contributed by atoms with Crippen LogP contribution in [0.25, 0.3) is 10.8 Å². The fourth-order valence-electron chi connectivity index (χ4n) is 2.26. The maximum Gasteiger partial charge on any atom is 0.242 e. The summed E-state index contributed by atoms with van der Waals surface area (Å²) < 4.78 is 5.59. The van der Waals surface area contributed by atoms with E-state index < -0.39 is 0 Å². The number of benzene rings is 2. The number of nitrogens with one attached hydrogen (secondary N) is 1. The summed E-state index contributed by atoms with van der Waals surface area (Å²) in [4.78, 5) is 8.31. The Kier molecular flexibility index (Phi) is 3.78. The van der Waals surface area contributed by atoms with Gasteiger partial charge in [0.05, 0.1) is 6.10 Å². The van der Waals surface area contributed by atoms with E-state index in [1.54, 1.807) is 0 Å². The molecule has 0 radical (unpaired) electrons. The first-order chi connectivity index (χ1) is 10.6. The molecule has 0 spiro atoms. The smallest absolute Gasteiger partial charge is 0.242 e. The Morgan fingerprint density at radius 1 is 1.05 bits per heavy atom. The number of hydrogen-bond donors (Lipinski definition) is 2. The van der Waals surface area contributed by atoms with Crippen molar-refractivity contribution in [1.29, 1.82) is 0 Å². The number of anilines is 3. The van der Waals surface area contributed by atoms with E-state index in [4.69, 9.17) is 10.5 Å². The maximum atomic E-state index is 6.11. The zero-order valence-corrected chi connectivity index (χ0v) is 12.6. The molecule has 0 aliphatic carbocycles. The molecule has 0 atom stereocenters. The Hall–Kier alpha value is -2.82. The quantitative estimate of drug-likeness (QED) is 0.766. The number of fused-ring (bicyclic) bond motifs is 1. The third-order valence-corrected chi connectivity index (χ3v) is 3.24. The number of ether oxygens (including phenoxy) is 1. The molecule has 0 aliphatic heterocycles. The van der Waals surface area contributed by atoms with E-state index in [2.05, 4.69) is 33.5 Å². The first kappa shape index (κ1) is 14.1. The van der Waals surface area contributed by atoms with Gasteiger partial charge < -0.3 is 15.8 Å². The summed E-state index contributed by atoms with van der Waals surface area (Å²) in [7, 11) is 0. The van der Waals surface area contributed by atoms with Gasteiger partial charge in [0.15, 0.2) is 5.82 Å². The highest BCUT2D eigenvalue weighted by molar-refractivity contribution is 5.95. The summed E-state index contributed by atoms with van der Waals surface area (Å²) in [6.45, 7) is 3.86. The summed E-state index contributed by atoms with van der Waals surface area (Å²) in [5.41, 5.74) is 7.46. The van der Waals surface area contributed by atoms with Crippen molar-refractivity contribution in [2.24, 2.45) is 0 Å². The van der Waals surface area contributed by atoms with E-state index in [1.807, 2.05) is 38.1 Å². The molecule has 0 saturated heterocycles. The lowest BCUT2D eigenvalue weighted by Crippen LogP contribution is -2.10. The van der Waals surface area contributed by atoms with E-state index in [1.165, 1.54) is 6.33 Å². The number of hydrogen-bond acceptors (Lipinski definition) is 5.